The van der Waals surface area contributed by atoms with Gasteiger partial charge in [-0.3, -0.25) is 4.79 Å². The third-order valence-corrected chi connectivity index (χ3v) is 6.42. The van der Waals surface area contributed by atoms with Crippen molar-refractivity contribution in [3.8, 4) is 0 Å². The van der Waals surface area contributed by atoms with Crippen LogP contribution in [0.15, 0.2) is 35.2 Å². The van der Waals surface area contributed by atoms with E-state index in [0.29, 0.717) is 19.6 Å². The Kier molecular flexibility index (Phi) is 6.59. The van der Waals surface area contributed by atoms with Crippen LogP contribution in [0.2, 0.25) is 0 Å². The molecular weight excluding hydrogens is 340 g/mol. The van der Waals surface area contributed by atoms with Crippen LogP contribution in [0.4, 0.5) is 0 Å². The van der Waals surface area contributed by atoms with Crippen molar-refractivity contribution in [1.29, 1.82) is 0 Å². The molecule has 1 fully saturated rings. The Balaban J connectivity index is 1.98. The number of aliphatic hydroxyl groups is 1. The fraction of sp³-hybridized carbons (Fsp3) is 0.611. The summed E-state index contributed by atoms with van der Waals surface area (Å²) in [5, 5.41) is 9.84. The lowest BCUT2D eigenvalue weighted by Crippen LogP contribution is -2.52. The average molecular weight is 368 g/mol. The van der Waals surface area contributed by atoms with E-state index >= 15 is 0 Å². The molecule has 1 heterocycles. The number of piperidine rings is 1. The largest absolute Gasteiger partial charge is 0.396 e. The molecule has 25 heavy (non-hydrogen) atoms. The second-order valence-electron chi connectivity index (χ2n) is 7.20. The van der Waals surface area contributed by atoms with E-state index in [-0.39, 0.29) is 35.0 Å². The second-order valence-corrected chi connectivity index (χ2v) is 9.31. The molecule has 0 radical (unpaired) electrons. The molecule has 0 spiro atoms. The first kappa shape index (κ1) is 19.9. The van der Waals surface area contributed by atoms with Crippen LogP contribution in [0, 0.1) is 5.41 Å². The first-order valence-electron chi connectivity index (χ1n) is 8.59. The molecule has 140 valence electrons. The monoisotopic (exact) mass is 368 g/mol. The Morgan fingerprint density at radius 2 is 1.96 bits per heavy atom. The lowest BCUT2D eigenvalue weighted by Gasteiger charge is -2.43. The number of rotatable bonds is 7. The molecule has 1 N–H and O–H groups in total. The van der Waals surface area contributed by atoms with Gasteiger partial charge in [0.1, 0.15) is 0 Å². The van der Waals surface area contributed by atoms with Gasteiger partial charge in [-0.2, -0.15) is 0 Å². The van der Waals surface area contributed by atoms with Crippen LogP contribution in [0.1, 0.15) is 19.3 Å². The van der Waals surface area contributed by atoms with Crippen molar-refractivity contribution in [3.05, 3.63) is 30.3 Å². The number of likely N-dealkylation sites (tertiary alicyclic amines) is 1. The van der Waals surface area contributed by atoms with Gasteiger partial charge in [0.15, 0.2) is 9.84 Å². The molecule has 1 aliphatic heterocycles. The summed E-state index contributed by atoms with van der Waals surface area (Å²) in [6, 6.07) is 8.21. The van der Waals surface area contributed by atoms with Crippen LogP contribution < -0.4 is 0 Å². The van der Waals surface area contributed by atoms with E-state index in [0.717, 1.165) is 12.8 Å². The summed E-state index contributed by atoms with van der Waals surface area (Å²) < 4.78 is 24.7. The summed E-state index contributed by atoms with van der Waals surface area (Å²) in [5.41, 5.74) is -0.324. The summed E-state index contributed by atoms with van der Waals surface area (Å²) in [4.78, 5) is 16.5. The van der Waals surface area contributed by atoms with Gasteiger partial charge in [0, 0.05) is 31.5 Å². The Labute approximate surface area is 150 Å². The molecule has 0 bridgehead atoms. The number of amides is 1. The maximum atomic E-state index is 12.5. The number of carbonyl (C=O) groups is 1. The first-order valence-corrected chi connectivity index (χ1v) is 10.2. The third-order valence-electron chi connectivity index (χ3n) is 4.69. The third kappa shape index (κ3) is 5.26. The number of hydrogen-bond acceptors (Lipinski definition) is 5. The van der Waals surface area contributed by atoms with Crippen molar-refractivity contribution >= 4 is 15.7 Å². The fourth-order valence-electron chi connectivity index (χ4n) is 3.53. The number of sulfone groups is 1. The lowest BCUT2D eigenvalue weighted by atomic mass is 9.80. The van der Waals surface area contributed by atoms with Gasteiger partial charge in [0.25, 0.3) is 0 Å². The predicted molar refractivity (Wildman–Crippen MR) is 97.0 cm³/mol. The molecule has 0 saturated carbocycles. The van der Waals surface area contributed by atoms with Crippen molar-refractivity contribution in [2.75, 3.05) is 46.1 Å². The van der Waals surface area contributed by atoms with Gasteiger partial charge >= 0.3 is 0 Å². The number of aliphatic hydroxyl groups excluding tert-OH is 1. The quantitative estimate of drug-likeness (QED) is 0.777. The highest BCUT2D eigenvalue weighted by molar-refractivity contribution is 7.91. The van der Waals surface area contributed by atoms with Crippen LogP contribution in [0.3, 0.4) is 0 Å². The van der Waals surface area contributed by atoms with Gasteiger partial charge in [0.05, 0.1) is 17.3 Å². The van der Waals surface area contributed by atoms with E-state index in [1.54, 1.807) is 35.2 Å². The van der Waals surface area contributed by atoms with Crippen LogP contribution in [-0.2, 0) is 14.6 Å². The standard InChI is InChI=1S/C18H28N2O4S/c1-19(2)13-18(15-21)10-6-11-20(14-18)17(22)9-12-25(23,24)16-7-4-3-5-8-16/h3-5,7-8,21H,6,9-15H2,1-2H3/t18-/m1/s1. The van der Waals surface area contributed by atoms with Crippen LogP contribution in [-0.4, -0.2) is 75.3 Å². The maximum absolute atomic E-state index is 12.5. The molecule has 0 unspecified atom stereocenters. The molecule has 2 rings (SSSR count). The zero-order chi connectivity index (χ0) is 18.5. The Morgan fingerprint density at radius 3 is 2.56 bits per heavy atom. The number of hydrogen-bond donors (Lipinski definition) is 1. The lowest BCUT2D eigenvalue weighted by molar-refractivity contribution is -0.135. The van der Waals surface area contributed by atoms with Crippen molar-refractivity contribution in [2.45, 2.75) is 24.2 Å². The van der Waals surface area contributed by atoms with Crippen molar-refractivity contribution in [1.82, 2.24) is 9.80 Å². The molecule has 0 aromatic heterocycles. The minimum Gasteiger partial charge on any atom is -0.396 e. The van der Waals surface area contributed by atoms with Gasteiger partial charge in [-0.1, -0.05) is 18.2 Å². The van der Waals surface area contributed by atoms with Gasteiger partial charge in [-0.05, 0) is 39.1 Å². The zero-order valence-electron chi connectivity index (χ0n) is 15.0. The molecule has 1 aliphatic rings. The topological polar surface area (TPSA) is 77.9 Å². The summed E-state index contributed by atoms with van der Waals surface area (Å²) >= 11 is 0. The van der Waals surface area contributed by atoms with Gasteiger partial charge in [0.2, 0.25) is 5.91 Å². The first-order chi connectivity index (χ1) is 11.8. The molecule has 1 aromatic rings. The minimum absolute atomic E-state index is 0.0251. The summed E-state index contributed by atoms with van der Waals surface area (Å²) in [7, 11) is 0.446. The van der Waals surface area contributed by atoms with E-state index in [9.17, 15) is 18.3 Å². The van der Waals surface area contributed by atoms with Crippen LogP contribution >= 0.6 is 0 Å². The van der Waals surface area contributed by atoms with Crippen molar-refractivity contribution < 1.29 is 18.3 Å². The fourth-order valence-corrected chi connectivity index (χ4v) is 4.78. The minimum atomic E-state index is -3.45. The highest BCUT2D eigenvalue weighted by Gasteiger charge is 2.37. The normalized spacial score (nSPS) is 21.5. The van der Waals surface area contributed by atoms with Gasteiger partial charge < -0.3 is 14.9 Å². The summed E-state index contributed by atoms with van der Waals surface area (Å²) in [5.74, 6) is -0.345. The average Bonchev–Trinajstić information content (AvgIpc) is 2.60. The maximum Gasteiger partial charge on any atom is 0.223 e. The van der Waals surface area contributed by atoms with E-state index in [4.69, 9.17) is 0 Å². The van der Waals surface area contributed by atoms with Crippen LogP contribution in [0.5, 0.6) is 0 Å². The molecule has 0 aliphatic carbocycles. The molecule has 1 aromatic carbocycles. The molecule has 1 amide bonds. The Hall–Kier alpha value is -1.44. The van der Waals surface area contributed by atoms with Gasteiger partial charge in [-0.25, -0.2) is 8.42 Å². The highest BCUT2D eigenvalue weighted by Crippen LogP contribution is 2.30. The predicted octanol–water partition coefficient (Wildman–Crippen LogP) is 1.01. The number of nitrogens with zero attached hydrogens (tertiary/aromatic N) is 2. The molecule has 1 saturated heterocycles. The number of benzene rings is 1. The van der Waals surface area contributed by atoms with Crippen molar-refractivity contribution in [2.24, 2.45) is 5.41 Å². The summed E-state index contributed by atoms with van der Waals surface area (Å²) in [6.07, 6.45) is 1.67. The molecule has 7 heteroatoms. The van der Waals surface area contributed by atoms with Crippen molar-refractivity contribution in [3.63, 3.8) is 0 Å². The van der Waals surface area contributed by atoms with E-state index in [1.165, 1.54) is 0 Å². The van der Waals surface area contributed by atoms with E-state index < -0.39 is 9.84 Å². The molecule has 1 atom stereocenters. The van der Waals surface area contributed by atoms with Crippen LogP contribution in [0.25, 0.3) is 0 Å². The smallest absolute Gasteiger partial charge is 0.223 e. The Bertz CT molecular complexity index is 676. The van der Waals surface area contributed by atoms with Gasteiger partial charge in [-0.15, -0.1) is 0 Å². The summed E-state index contributed by atoms with van der Waals surface area (Å²) in [6.45, 7) is 1.83. The SMILES string of the molecule is CN(C)C[C@]1(CO)CCCN(C(=O)CCS(=O)(=O)c2ccccc2)C1. The highest BCUT2D eigenvalue weighted by atomic mass is 32.2. The second kappa shape index (κ2) is 8.29. The number of carbonyl (C=O) groups excluding carboxylic acids is 1. The molecule has 6 nitrogen and oxygen atoms in total. The molecular formula is C18H28N2O4S. The van der Waals surface area contributed by atoms with E-state index in [2.05, 4.69) is 0 Å². The Morgan fingerprint density at radius 1 is 1.28 bits per heavy atom. The van der Waals surface area contributed by atoms with E-state index in [1.807, 2.05) is 19.0 Å². The zero-order valence-corrected chi connectivity index (χ0v) is 15.8.